The quantitative estimate of drug-likeness (QED) is 0.630. The molecule has 0 saturated heterocycles. The monoisotopic (exact) mass is 291 g/mol. The molecule has 0 fully saturated rings. The Morgan fingerprint density at radius 3 is 2.57 bits per heavy atom. The van der Waals surface area contributed by atoms with Gasteiger partial charge in [-0.2, -0.15) is 5.26 Å². The summed E-state index contributed by atoms with van der Waals surface area (Å²) in [5.74, 6) is 0. The zero-order chi connectivity index (χ0) is 16.2. The second-order valence-electron chi connectivity index (χ2n) is 5.55. The number of amides is 1. The van der Waals surface area contributed by atoms with Crippen molar-refractivity contribution in [3.8, 4) is 6.07 Å². The van der Waals surface area contributed by atoms with Gasteiger partial charge in [0.15, 0.2) is 0 Å². The molecule has 0 aliphatic rings. The van der Waals surface area contributed by atoms with Gasteiger partial charge in [0.1, 0.15) is 5.60 Å². The fourth-order valence-electron chi connectivity index (χ4n) is 1.59. The molecule has 0 atom stereocenters. The Balaban J connectivity index is 2.96. The summed E-state index contributed by atoms with van der Waals surface area (Å²) < 4.78 is 5.19. The van der Waals surface area contributed by atoms with E-state index in [9.17, 15) is 14.9 Å². The first-order valence-electron chi connectivity index (χ1n) is 6.25. The van der Waals surface area contributed by atoms with Crippen LogP contribution in [0.4, 0.5) is 10.5 Å². The standard InChI is InChI=1S/C14H17N3O4/c1-14(2,3)21-13(18)16(4)9-11-7-12(17(19)20)6-5-10(11)8-15/h5-7H,9H2,1-4H3. The lowest BCUT2D eigenvalue weighted by atomic mass is 10.1. The predicted octanol–water partition coefficient (Wildman–Crippen LogP) is 2.83. The van der Waals surface area contributed by atoms with Crippen LogP contribution in [0.25, 0.3) is 0 Å². The molecular formula is C14H17N3O4. The minimum atomic E-state index is -0.633. The molecule has 1 rings (SSSR count). The molecule has 0 unspecified atom stereocenters. The van der Waals surface area contributed by atoms with Crippen molar-refractivity contribution in [3.05, 3.63) is 39.4 Å². The van der Waals surface area contributed by atoms with E-state index in [4.69, 9.17) is 10.00 Å². The Hall–Kier alpha value is -2.62. The van der Waals surface area contributed by atoms with Gasteiger partial charge in [-0.15, -0.1) is 0 Å². The molecular weight excluding hydrogens is 274 g/mol. The van der Waals surface area contributed by atoms with Crippen LogP contribution >= 0.6 is 0 Å². The Kier molecular flexibility index (Phi) is 4.87. The summed E-state index contributed by atoms with van der Waals surface area (Å²) in [6.45, 7) is 5.28. The Morgan fingerprint density at radius 1 is 1.48 bits per heavy atom. The van der Waals surface area contributed by atoms with E-state index in [1.807, 2.05) is 6.07 Å². The van der Waals surface area contributed by atoms with Gasteiger partial charge in [-0.05, 0) is 32.4 Å². The zero-order valence-corrected chi connectivity index (χ0v) is 12.4. The lowest BCUT2D eigenvalue weighted by Crippen LogP contribution is -2.34. The molecule has 0 aromatic heterocycles. The van der Waals surface area contributed by atoms with Gasteiger partial charge in [0.05, 0.1) is 23.1 Å². The molecule has 1 aromatic carbocycles. The number of nitrogens with zero attached hydrogens (tertiary/aromatic N) is 3. The number of ether oxygens (including phenoxy) is 1. The van der Waals surface area contributed by atoms with Gasteiger partial charge >= 0.3 is 6.09 Å². The van der Waals surface area contributed by atoms with Crippen molar-refractivity contribution in [2.45, 2.75) is 32.9 Å². The molecule has 0 N–H and O–H groups in total. The molecule has 1 aromatic rings. The number of nitriles is 1. The topological polar surface area (TPSA) is 96.5 Å². The van der Waals surface area contributed by atoms with Gasteiger partial charge in [-0.25, -0.2) is 4.79 Å². The molecule has 0 saturated carbocycles. The number of carbonyl (C=O) groups excluding carboxylic acids is 1. The van der Waals surface area contributed by atoms with Crippen LogP contribution < -0.4 is 0 Å². The van der Waals surface area contributed by atoms with Crippen molar-refractivity contribution >= 4 is 11.8 Å². The van der Waals surface area contributed by atoms with E-state index in [1.54, 1.807) is 20.8 Å². The second-order valence-corrected chi connectivity index (χ2v) is 5.55. The SMILES string of the molecule is CN(Cc1cc([N+](=O)[O-])ccc1C#N)C(=O)OC(C)(C)C. The molecule has 0 radical (unpaired) electrons. The maximum absolute atomic E-state index is 11.9. The first-order chi connectivity index (χ1) is 9.64. The summed E-state index contributed by atoms with van der Waals surface area (Å²) in [5, 5.41) is 19.8. The molecule has 7 heteroatoms. The minimum Gasteiger partial charge on any atom is -0.444 e. The number of hydrogen-bond donors (Lipinski definition) is 0. The third-order valence-electron chi connectivity index (χ3n) is 2.53. The van der Waals surface area contributed by atoms with E-state index in [0.717, 1.165) is 0 Å². The van der Waals surface area contributed by atoms with Crippen molar-refractivity contribution in [1.82, 2.24) is 4.90 Å². The predicted molar refractivity (Wildman–Crippen MR) is 75.5 cm³/mol. The van der Waals surface area contributed by atoms with Gasteiger partial charge in [-0.3, -0.25) is 10.1 Å². The Morgan fingerprint density at radius 2 is 2.10 bits per heavy atom. The number of nitro groups is 1. The number of carbonyl (C=O) groups is 1. The van der Waals surface area contributed by atoms with Crippen LogP contribution in [0.15, 0.2) is 18.2 Å². The average Bonchev–Trinajstić information content (AvgIpc) is 2.36. The van der Waals surface area contributed by atoms with Gasteiger partial charge < -0.3 is 9.64 Å². The van der Waals surface area contributed by atoms with Crippen LogP contribution in [0.2, 0.25) is 0 Å². The molecule has 1 amide bonds. The lowest BCUT2D eigenvalue weighted by molar-refractivity contribution is -0.384. The lowest BCUT2D eigenvalue weighted by Gasteiger charge is -2.24. The van der Waals surface area contributed by atoms with Gasteiger partial charge in [0.2, 0.25) is 0 Å². The largest absolute Gasteiger partial charge is 0.444 e. The third-order valence-corrected chi connectivity index (χ3v) is 2.53. The maximum atomic E-state index is 11.9. The summed E-state index contributed by atoms with van der Waals surface area (Å²) in [6, 6.07) is 5.87. The number of benzene rings is 1. The highest BCUT2D eigenvalue weighted by atomic mass is 16.6. The van der Waals surface area contributed by atoms with E-state index < -0.39 is 16.6 Å². The molecule has 0 bridgehead atoms. The molecule has 21 heavy (non-hydrogen) atoms. The molecule has 0 spiro atoms. The van der Waals surface area contributed by atoms with E-state index in [-0.39, 0.29) is 17.8 Å². The first kappa shape index (κ1) is 16.4. The van der Waals surface area contributed by atoms with Crippen molar-refractivity contribution in [3.63, 3.8) is 0 Å². The van der Waals surface area contributed by atoms with Crippen LogP contribution in [0.1, 0.15) is 31.9 Å². The normalized spacial score (nSPS) is 10.6. The van der Waals surface area contributed by atoms with Crippen molar-refractivity contribution in [2.24, 2.45) is 0 Å². The van der Waals surface area contributed by atoms with Crippen LogP contribution in [0, 0.1) is 21.4 Å². The Bertz CT molecular complexity index is 599. The summed E-state index contributed by atoms with van der Waals surface area (Å²) in [5.41, 5.74) is -0.0656. The fourth-order valence-corrected chi connectivity index (χ4v) is 1.59. The van der Waals surface area contributed by atoms with E-state index >= 15 is 0 Å². The van der Waals surface area contributed by atoms with Crippen LogP contribution in [-0.2, 0) is 11.3 Å². The third kappa shape index (κ3) is 4.76. The first-order valence-corrected chi connectivity index (χ1v) is 6.25. The molecule has 7 nitrogen and oxygen atoms in total. The summed E-state index contributed by atoms with van der Waals surface area (Å²) in [6.07, 6.45) is -0.558. The van der Waals surface area contributed by atoms with Crippen molar-refractivity contribution < 1.29 is 14.5 Å². The number of non-ortho nitro benzene ring substituents is 1. The number of rotatable bonds is 3. The highest BCUT2D eigenvalue weighted by molar-refractivity contribution is 5.68. The highest BCUT2D eigenvalue weighted by Gasteiger charge is 2.21. The van der Waals surface area contributed by atoms with Crippen LogP contribution in [0.5, 0.6) is 0 Å². The molecule has 0 heterocycles. The van der Waals surface area contributed by atoms with E-state index in [2.05, 4.69) is 0 Å². The van der Waals surface area contributed by atoms with Gasteiger partial charge in [-0.1, -0.05) is 0 Å². The molecule has 0 aliphatic heterocycles. The highest BCUT2D eigenvalue weighted by Crippen LogP contribution is 2.19. The van der Waals surface area contributed by atoms with Gasteiger partial charge in [0, 0.05) is 19.2 Å². The minimum absolute atomic E-state index is 0.0550. The smallest absolute Gasteiger partial charge is 0.410 e. The average molecular weight is 291 g/mol. The number of nitro benzene ring substituents is 1. The van der Waals surface area contributed by atoms with Crippen molar-refractivity contribution in [2.75, 3.05) is 7.05 Å². The van der Waals surface area contributed by atoms with E-state index in [1.165, 1.54) is 30.1 Å². The summed E-state index contributed by atoms with van der Waals surface area (Å²) in [4.78, 5) is 23.4. The van der Waals surface area contributed by atoms with E-state index in [0.29, 0.717) is 5.56 Å². The maximum Gasteiger partial charge on any atom is 0.410 e. The fraction of sp³-hybridized carbons (Fsp3) is 0.429. The van der Waals surface area contributed by atoms with Crippen LogP contribution in [-0.4, -0.2) is 28.6 Å². The number of hydrogen-bond acceptors (Lipinski definition) is 5. The Labute approximate surface area is 122 Å². The second kappa shape index (κ2) is 6.22. The molecule has 0 aliphatic carbocycles. The van der Waals surface area contributed by atoms with Crippen molar-refractivity contribution in [1.29, 1.82) is 5.26 Å². The van der Waals surface area contributed by atoms with Gasteiger partial charge in [0.25, 0.3) is 5.69 Å². The summed E-state index contributed by atoms with van der Waals surface area (Å²) >= 11 is 0. The summed E-state index contributed by atoms with van der Waals surface area (Å²) in [7, 11) is 1.51. The molecule has 112 valence electrons. The zero-order valence-electron chi connectivity index (χ0n) is 12.4. The van der Waals surface area contributed by atoms with Crippen LogP contribution in [0.3, 0.4) is 0 Å².